The van der Waals surface area contributed by atoms with Crippen molar-refractivity contribution in [2.75, 3.05) is 5.73 Å². The van der Waals surface area contributed by atoms with Crippen molar-refractivity contribution in [2.24, 2.45) is 0 Å². The Balaban J connectivity index is 1.98. The van der Waals surface area contributed by atoms with E-state index >= 15 is 0 Å². The molecule has 0 aliphatic heterocycles. The predicted molar refractivity (Wildman–Crippen MR) is 85.4 cm³/mol. The number of benzene rings is 2. The fourth-order valence-corrected chi connectivity index (χ4v) is 2.75. The van der Waals surface area contributed by atoms with Crippen LogP contribution in [0.15, 0.2) is 39.2 Å². The smallest absolute Gasteiger partial charge is 0.200 e. The number of nitrogens with two attached hydrogens (primary N) is 1. The van der Waals surface area contributed by atoms with Gasteiger partial charge in [-0.05, 0) is 29.8 Å². The van der Waals surface area contributed by atoms with Crippen molar-refractivity contribution in [1.82, 2.24) is 4.98 Å². The van der Waals surface area contributed by atoms with E-state index in [-0.39, 0.29) is 0 Å². The number of fused-ring (bicyclic) bond motifs is 1. The average Bonchev–Trinajstić information content (AvgIpc) is 2.76. The molecule has 0 amide bonds. The number of hydrogen-bond acceptors (Lipinski definition) is 3. The zero-order chi connectivity index (χ0) is 14.3. The van der Waals surface area contributed by atoms with Gasteiger partial charge in [0.1, 0.15) is 5.52 Å². The third kappa shape index (κ3) is 2.64. The molecule has 102 valence electrons. The van der Waals surface area contributed by atoms with Crippen LogP contribution >= 0.6 is 39.1 Å². The van der Waals surface area contributed by atoms with Gasteiger partial charge in [0.05, 0.1) is 15.7 Å². The Bertz CT molecular complexity index is 801. The fraction of sp³-hybridized carbons (Fsp3) is 0.0714. The topological polar surface area (TPSA) is 52.0 Å². The molecule has 0 aliphatic carbocycles. The zero-order valence-corrected chi connectivity index (χ0v) is 13.3. The molecule has 0 radical (unpaired) electrons. The van der Waals surface area contributed by atoms with Crippen LogP contribution in [0.5, 0.6) is 0 Å². The minimum atomic E-state index is 0.516. The van der Waals surface area contributed by atoms with Crippen LogP contribution in [0.25, 0.3) is 11.1 Å². The standard InChI is InChI=1S/C14H9BrCl2N2O/c15-8-5-11(18)14-12(6-8)19-13(20-14)4-7-1-2-9(16)10(17)3-7/h1-3,5-6H,4,18H2. The summed E-state index contributed by atoms with van der Waals surface area (Å²) in [5.41, 5.74) is 8.77. The number of rotatable bonds is 2. The van der Waals surface area contributed by atoms with Crippen molar-refractivity contribution in [1.29, 1.82) is 0 Å². The summed E-state index contributed by atoms with van der Waals surface area (Å²) in [6.07, 6.45) is 0.530. The first-order chi connectivity index (χ1) is 9.52. The molecule has 2 aromatic carbocycles. The number of hydrogen-bond donors (Lipinski definition) is 1. The van der Waals surface area contributed by atoms with Crippen LogP contribution < -0.4 is 5.73 Å². The van der Waals surface area contributed by atoms with E-state index in [1.54, 1.807) is 18.2 Å². The highest BCUT2D eigenvalue weighted by atomic mass is 79.9. The summed E-state index contributed by atoms with van der Waals surface area (Å²) in [6.45, 7) is 0. The van der Waals surface area contributed by atoms with Gasteiger partial charge in [-0.3, -0.25) is 0 Å². The average molecular weight is 372 g/mol. The second kappa shape index (κ2) is 5.28. The third-order valence-corrected chi connectivity index (χ3v) is 4.06. The van der Waals surface area contributed by atoms with Crippen LogP contribution in [0, 0.1) is 0 Å². The van der Waals surface area contributed by atoms with Crippen molar-refractivity contribution in [3.63, 3.8) is 0 Å². The molecule has 3 aromatic rings. The zero-order valence-electron chi connectivity index (χ0n) is 10.2. The molecule has 1 aromatic heterocycles. The highest BCUT2D eigenvalue weighted by Crippen LogP contribution is 2.28. The number of oxazole rings is 1. The van der Waals surface area contributed by atoms with Gasteiger partial charge in [-0.1, -0.05) is 45.2 Å². The SMILES string of the molecule is Nc1cc(Br)cc2nc(Cc3ccc(Cl)c(Cl)c3)oc12. The lowest BCUT2D eigenvalue weighted by molar-refractivity contribution is 0.545. The fourth-order valence-electron chi connectivity index (χ4n) is 1.97. The van der Waals surface area contributed by atoms with Crippen molar-refractivity contribution in [3.8, 4) is 0 Å². The molecule has 0 saturated carbocycles. The number of halogens is 3. The number of nitrogens with zero attached hydrogens (tertiary/aromatic N) is 1. The maximum Gasteiger partial charge on any atom is 0.200 e. The first-order valence-electron chi connectivity index (χ1n) is 5.81. The number of nitrogen functional groups attached to an aromatic ring is 1. The molecule has 0 aliphatic rings. The summed E-state index contributed by atoms with van der Waals surface area (Å²) in [7, 11) is 0. The van der Waals surface area contributed by atoms with Crippen LogP contribution in [0.4, 0.5) is 5.69 Å². The van der Waals surface area contributed by atoms with E-state index in [1.165, 1.54) is 0 Å². The van der Waals surface area contributed by atoms with Gasteiger partial charge in [0.2, 0.25) is 0 Å². The van der Waals surface area contributed by atoms with E-state index in [0.717, 1.165) is 15.6 Å². The summed E-state index contributed by atoms with van der Waals surface area (Å²) in [6, 6.07) is 9.11. The Hall–Kier alpha value is -1.23. The highest BCUT2D eigenvalue weighted by Gasteiger charge is 2.11. The van der Waals surface area contributed by atoms with E-state index in [4.69, 9.17) is 33.4 Å². The summed E-state index contributed by atoms with van der Waals surface area (Å²) in [5, 5.41) is 1.05. The molecular formula is C14H9BrCl2N2O. The molecule has 0 unspecified atom stereocenters. The van der Waals surface area contributed by atoms with Crippen molar-refractivity contribution in [3.05, 3.63) is 56.3 Å². The normalized spacial score (nSPS) is 11.2. The third-order valence-electron chi connectivity index (χ3n) is 2.87. The van der Waals surface area contributed by atoms with Crippen LogP contribution in [0.3, 0.4) is 0 Å². The predicted octanol–water partition coefficient (Wildman–Crippen LogP) is 5.07. The molecule has 0 bridgehead atoms. The van der Waals surface area contributed by atoms with Crippen molar-refractivity contribution in [2.45, 2.75) is 6.42 Å². The number of aromatic nitrogens is 1. The second-order valence-corrected chi connectivity index (χ2v) is 6.11. The van der Waals surface area contributed by atoms with Gasteiger partial charge >= 0.3 is 0 Å². The minimum absolute atomic E-state index is 0.516. The largest absolute Gasteiger partial charge is 0.438 e. The van der Waals surface area contributed by atoms with E-state index in [1.807, 2.05) is 12.1 Å². The van der Waals surface area contributed by atoms with E-state index < -0.39 is 0 Å². The molecule has 20 heavy (non-hydrogen) atoms. The molecular weight excluding hydrogens is 363 g/mol. The molecule has 0 spiro atoms. The molecule has 3 nitrogen and oxygen atoms in total. The summed E-state index contributed by atoms with van der Waals surface area (Å²) < 4.78 is 6.57. The van der Waals surface area contributed by atoms with Crippen LogP contribution in [0.2, 0.25) is 10.0 Å². The Labute approximate surface area is 133 Å². The highest BCUT2D eigenvalue weighted by molar-refractivity contribution is 9.10. The first kappa shape index (κ1) is 13.7. The molecule has 1 heterocycles. The molecule has 2 N–H and O–H groups in total. The quantitative estimate of drug-likeness (QED) is 0.639. The van der Waals surface area contributed by atoms with Gasteiger partial charge in [0, 0.05) is 10.9 Å². The second-order valence-electron chi connectivity index (χ2n) is 4.38. The summed E-state index contributed by atoms with van der Waals surface area (Å²) in [4.78, 5) is 4.43. The Morgan fingerprint density at radius 1 is 1.15 bits per heavy atom. The molecule has 3 rings (SSSR count). The maximum absolute atomic E-state index is 6.00. The van der Waals surface area contributed by atoms with Crippen LogP contribution in [-0.2, 0) is 6.42 Å². The summed E-state index contributed by atoms with van der Waals surface area (Å²) in [5.74, 6) is 0.586. The first-order valence-corrected chi connectivity index (χ1v) is 7.36. The lowest BCUT2D eigenvalue weighted by atomic mass is 10.1. The van der Waals surface area contributed by atoms with Gasteiger partial charge in [0.15, 0.2) is 11.5 Å². The Kier molecular flexibility index (Phi) is 3.63. The Morgan fingerprint density at radius 2 is 1.95 bits per heavy atom. The van der Waals surface area contributed by atoms with E-state index in [9.17, 15) is 0 Å². The van der Waals surface area contributed by atoms with Crippen molar-refractivity contribution >= 4 is 55.9 Å². The van der Waals surface area contributed by atoms with Gasteiger partial charge in [-0.15, -0.1) is 0 Å². The Morgan fingerprint density at radius 3 is 2.70 bits per heavy atom. The van der Waals surface area contributed by atoms with Crippen LogP contribution in [-0.4, -0.2) is 4.98 Å². The number of anilines is 1. The molecule has 0 atom stereocenters. The lowest BCUT2D eigenvalue weighted by Crippen LogP contribution is -1.88. The van der Waals surface area contributed by atoms with Crippen molar-refractivity contribution < 1.29 is 4.42 Å². The minimum Gasteiger partial charge on any atom is -0.438 e. The monoisotopic (exact) mass is 370 g/mol. The van der Waals surface area contributed by atoms with Gasteiger partial charge in [-0.2, -0.15) is 0 Å². The van der Waals surface area contributed by atoms with Crippen LogP contribution in [0.1, 0.15) is 11.5 Å². The van der Waals surface area contributed by atoms with E-state index in [2.05, 4.69) is 20.9 Å². The van der Waals surface area contributed by atoms with Gasteiger partial charge in [-0.25, -0.2) is 4.98 Å². The van der Waals surface area contributed by atoms with Gasteiger partial charge < -0.3 is 10.2 Å². The van der Waals surface area contributed by atoms with Gasteiger partial charge in [0.25, 0.3) is 0 Å². The lowest BCUT2D eigenvalue weighted by Gasteiger charge is -2.00. The maximum atomic E-state index is 6.00. The molecule has 0 fully saturated rings. The van der Waals surface area contributed by atoms with E-state index in [0.29, 0.717) is 33.6 Å². The molecule has 6 heteroatoms. The summed E-state index contributed by atoms with van der Waals surface area (Å²) >= 11 is 15.3. The molecule has 0 saturated heterocycles.